The molecule has 0 aliphatic carbocycles. The van der Waals surface area contributed by atoms with Crippen LogP contribution in [-0.4, -0.2) is 37.5 Å². The van der Waals surface area contributed by atoms with Crippen LogP contribution in [0.4, 0.5) is 5.69 Å². The second-order valence-electron chi connectivity index (χ2n) is 7.10. The molecule has 7 heteroatoms. The van der Waals surface area contributed by atoms with E-state index in [-0.39, 0.29) is 23.2 Å². The summed E-state index contributed by atoms with van der Waals surface area (Å²) in [5.74, 6) is 0.566. The number of carbonyl (C=O) groups excluding carboxylic acids is 1. The highest BCUT2D eigenvalue weighted by molar-refractivity contribution is 8.14. The topological polar surface area (TPSA) is 67.6 Å². The van der Waals surface area contributed by atoms with Crippen molar-refractivity contribution in [2.75, 3.05) is 5.75 Å². The standard InChI is InChI=1S/C22H22N4O2S/c1-4-16-13-29-22(23-15-11-9-14(2)10-12-15)26(16)21(28)19-17-7-5-6-8-18(17)20(27)25(3)24-19/h5-12,16H,4,13H2,1-3H3/t16-/m1/s1. The quantitative estimate of drug-likeness (QED) is 0.662. The molecule has 1 aliphatic heterocycles. The van der Waals surface area contributed by atoms with Gasteiger partial charge in [-0.1, -0.05) is 54.6 Å². The van der Waals surface area contributed by atoms with Crippen molar-refractivity contribution in [2.24, 2.45) is 12.0 Å². The molecule has 3 aromatic rings. The number of aryl methyl sites for hydroxylation is 2. The molecule has 29 heavy (non-hydrogen) atoms. The predicted molar refractivity (Wildman–Crippen MR) is 118 cm³/mol. The molecule has 1 atom stereocenters. The van der Waals surface area contributed by atoms with Gasteiger partial charge < -0.3 is 0 Å². The molecule has 148 valence electrons. The maximum Gasteiger partial charge on any atom is 0.281 e. The molecular formula is C22H22N4O2S. The highest BCUT2D eigenvalue weighted by atomic mass is 32.2. The van der Waals surface area contributed by atoms with E-state index in [1.807, 2.05) is 37.3 Å². The maximum atomic E-state index is 13.6. The van der Waals surface area contributed by atoms with Crippen molar-refractivity contribution in [3.8, 4) is 0 Å². The highest BCUT2D eigenvalue weighted by Gasteiger charge is 2.36. The minimum atomic E-state index is -0.223. The summed E-state index contributed by atoms with van der Waals surface area (Å²) >= 11 is 1.58. The molecule has 0 bridgehead atoms. The maximum absolute atomic E-state index is 13.6. The van der Waals surface area contributed by atoms with Gasteiger partial charge in [0, 0.05) is 24.2 Å². The van der Waals surface area contributed by atoms with E-state index in [9.17, 15) is 9.59 Å². The first-order valence-corrected chi connectivity index (χ1v) is 10.6. The first-order chi connectivity index (χ1) is 14.0. The first-order valence-electron chi connectivity index (χ1n) is 9.57. The molecule has 2 heterocycles. The first kappa shape index (κ1) is 19.4. The molecule has 0 saturated carbocycles. The van der Waals surface area contributed by atoms with Crippen molar-refractivity contribution in [3.63, 3.8) is 0 Å². The van der Waals surface area contributed by atoms with Crippen molar-refractivity contribution in [3.05, 3.63) is 70.1 Å². The number of hydrogen-bond donors (Lipinski definition) is 0. The number of thioether (sulfide) groups is 1. The minimum Gasteiger partial charge on any atom is -0.282 e. The summed E-state index contributed by atoms with van der Waals surface area (Å²) in [4.78, 5) is 32.5. The third-order valence-electron chi connectivity index (χ3n) is 5.08. The zero-order valence-electron chi connectivity index (χ0n) is 16.6. The van der Waals surface area contributed by atoms with Crippen molar-refractivity contribution in [1.29, 1.82) is 0 Å². The normalized spacial score (nSPS) is 18.0. The molecule has 0 N–H and O–H groups in total. The minimum absolute atomic E-state index is 0.0366. The van der Waals surface area contributed by atoms with Crippen LogP contribution in [0.5, 0.6) is 0 Å². The Balaban J connectivity index is 1.82. The van der Waals surface area contributed by atoms with Crippen LogP contribution in [0.1, 0.15) is 29.4 Å². The molecule has 1 fully saturated rings. The van der Waals surface area contributed by atoms with Crippen LogP contribution >= 0.6 is 11.8 Å². The lowest BCUT2D eigenvalue weighted by molar-refractivity contribution is 0.0813. The molecule has 0 unspecified atom stereocenters. The fourth-order valence-corrected chi connectivity index (χ4v) is 4.68. The lowest BCUT2D eigenvalue weighted by atomic mass is 10.1. The second kappa shape index (κ2) is 7.83. The van der Waals surface area contributed by atoms with Crippen molar-refractivity contribution in [1.82, 2.24) is 14.7 Å². The van der Waals surface area contributed by atoms with Crippen LogP contribution in [0.3, 0.4) is 0 Å². The van der Waals surface area contributed by atoms with Gasteiger partial charge in [-0.25, -0.2) is 9.67 Å². The summed E-state index contributed by atoms with van der Waals surface area (Å²) in [6.07, 6.45) is 0.815. The van der Waals surface area contributed by atoms with E-state index in [0.29, 0.717) is 15.9 Å². The van der Waals surface area contributed by atoms with Gasteiger partial charge >= 0.3 is 0 Å². The Hall–Kier alpha value is -2.93. The Morgan fingerprint density at radius 2 is 1.86 bits per heavy atom. The monoisotopic (exact) mass is 406 g/mol. The van der Waals surface area contributed by atoms with E-state index in [1.165, 1.54) is 4.68 Å². The summed E-state index contributed by atoms with van der Waals surface area (Å²) in [6.45, 7) is 4.09. The Morgan fingerprint density at radius 1 is 1.17 bits per heavy atom. The summed E-state index contributed by atoms with van der Waals surface area (Å²) in [5, 5.41) is 6.05. The Morgan fingerprint density at radius 3 is 2.55 bits per heavy atom. The van der Waals surface area contributed by atoms with E-state index in [0.717, 1.165) is 23.4 Å². The molecule has 6 nitrogen and oxygen atoms in total. The summed E-state index contributed by atoms with van der Waals surface area (Å²) in [7, 11) is 1.57. The zero-order valence-corrected chi connectivity index (χ0v) is 17.4. The largest absolute Gasteiger partial charge is 0.282 e. The molecule has 1 saturated heterocycles. The summed E-state index contributed by atoms with van der Waals surface area (Å²) < 4.78 is 1.23. The number of benzene rings is 2. The molecule has 2 aromatic carbocycles. The van der Waals surface area contributed by atoms with Crippen LogP contribution in [0, 0.1) is 6.92 Å². The molecule has 4 rings (SSSR count). The van der Waals surface area contributed by atoms with Gasteiger partial charge in [-0.2, -0.15) is 5.10 Å². The van der Waals surface area contributed by atoms with E-state index in [2.05, 4.69) is 12.0 Å². The van der Waals surface area contributed by atoms with Crippen LogP contribution in [0.15, 0.2) is 58.3 Å². The van der Waals surface area contributed by atoms with Gasteiger partial charge in [0.2, 0.25) is 0 Å². The van der Waals surface area contributed by atoms with Gasteiger partial charge in [-0.3, -0.25) is 14.5 Å². The Kier molecular flexibility index (Phi) is 5.24. The zero-order chi connectivity index (χ0) is 20.5. The molecule has 0 radical (unpaired) electrons. The SMILES string of the molecule is CC[C@@H]1CSC(=Nc2ccc(C)cc2)N1C(=O)c1nn(C)c(=O)c2ccccc12. The molecule has 1 aliphatic rings. The third kappa shape index (κ3) is 3.58. The highest BCUT2D eigenvalue weighted by Crippen LogP contribution is 2.31. The molecule has 0 spiro atoms. The van der Waals surface area contributed by atoms with Gasteiger partial charge in [0.25, 0.3) is 11.5 Å². The van der Waals surface area contributed by atoms with E-state index < -0.39 is 0 Å². The number of carbonyl (C=O) groups is 1. The summed E-state index contributed by atoms with van der Waals surface area (Å²) in [5.41, 5.74) is 2.04. The van der Waals surface area contributed by atoms with Gasteiger partial charge in [-0.15, -0.1) is 0 Å². The molecule has 1 aromatic heterocycles. The lowest BCUT2D eigenvalue weighted by Gasteiger charge is -2.23. The van der Waals surface area contributed by atoms with Gasteiger partial charge in [-0.05, 0) is 31.5 Å². The number of amidine groups is 1. The molecular weight excluding hydrogens is 384 g/mol. The number of rotatable bonds is 3. The fraction of sp³-hybridized carbons (Fsp3) is 0.273. The van der Waals surface area contributed by atoms with Crippen LogP contribution < -0.4 is 5.56 Å². The number of aromatic nitrogens is 2. The lowest BCUT2D eigenvalue weighted by Crippen LogP contribution is -2.40. The third-order valence-corrected chi connectivity index (χ3v) is 6.18. The van der Waals surface area contributed by atoms with E-state index in [1.54, 1.807) is 41.9 Å². The Bertz CT molecular complexity index is 1170. The fourth-order valence-electron chi connectivity index (χ4n) is 3.41. The average molecular weight is 407 g/mol. The predicted octanol–water partition coefficient (Wildman–Crippen LogP) is 3.90. The average Bonchev–Trinajstić information content (AvgIpc) is 3.14. The van der Waals surface area contributed by atoms with Crippen molar-refractivity contribution >= 4 is 39.3 Å². The van der Waals surface area contributed by atoms with Gasteiger partial charge in [0.1, 0.15) is 0 Å². The van der Waals surface area contributed by atoms with E-state index in [4.69, 9.17) is 4.99 Å². The van der Waals surface area contributed by atoms with Crippen molar-refractivity contribution < 1.29 is 4.79 Å². The Labute approximate surface area is 173 Å². The van der Waals surface area contributed by atoms with Gasteiger partial charge in [0.15, 0.2) is 10.9 Å². The number of fused-ring (bicyclic) bond motifs is 1. The van der Waals surface area contributed by atoms with E-state index >= 15 is 0 Å². The second-order valence-corrected chi connectivity index (χ2v) is 8.09. The number of amides is 1. The molecule has 1 amide bonds. The van der Waals surface area contributed by atoms with Crippen molar-refractivity contribution in [2.45, 2.75) is 26.3 Å². The smallest absolute Gasteiger partial charge is 0.281 e. The number of hydrogen-bond acceptors (Lipinski definition) is 5. The number of aliphatic imine (C=N–C) groups is 1. The number of nitrogens with zero attached hydrogens (tertiary/aromatic N) is 4. The van der Waals surface area contributed by atoms with Crippen LogP contribution in [-0.2, 0) is 7.05 Å². The van der Waals surface area contributed by atoms with Crippen LogP contribution in [0.2, 0.25) is 0 Å². The summed E-state index contributed by atoms with van der Waals surface area (Å²) in [6, 6.07) is 15.1. The van der Waals surface area contributed by atoms with Gasteiger partial charge in [0.05, 0.1) is 11.1 Å². The van der Waals surface area contributed by atoms with Crippen LogP contribution in [0.25, 0.3) is 10.8 Å².